The van der Waals surface area contributed by atoms with Crippen LogP contribution in [-0.2, 0) is 28.6 Å². The summed E-state index contributed by atoms with van der Waals surface area (Å²) in [7, 11) is 0. The fourth-order valence-corrected chi connectivity index (χ4v) is 8.47. The zero-order valence-corrected chi connectivity index (χ0v) is 46.3. The number of hydrogen-bond acceptors (Lipinski definition) is 6. The van der Waals surface area contributed by atoms with Crippen LogP contribution < -0.4 is 0 Å². The average Bonchev–Trinajstić information content (AvgIpc) is 3.36. The van der Waals surface area contributed by atoms with Gasteiger partial charge in [0.05, 0.1) is 0 Å². The molecule has 6 heteroatoms. The normalized spacial score (nSPS) is 12.6. The van der Waals surface area contributed by atoms with E-state index < -0.39 is 6.10 Å². The molecule has 6 nitrogen and oxygen atoms in total. The second-order valence-corrected chi connectivity index (χ2v) is 19.9. The number of allylic oxidation sites excluding steroid dienone is 12. The van der Waals surface area contributed by atoms with Crippen LogP contribution >= 0.6 is 0 Å². The van der Waals surface area contributed by atoms with Crippen molar-refractivity contribution in [2.45, 2.75) is 303 Å². The minimum absolute atomic E-state index is 0.0763. The van der Waals surface area contributed by atoms with E-state index >= 15 is 0 Å². The first-order valence-electron chi connectivity index (χ1n) is 29.9. The first-order chi connectivity index (χ1) is 34.5. The first-order valence-corrected chi connectivity index (χ1v) is 29.9. The van der Waals surface area contributed by atoms with E-state index in [1.807, 2.05) is 0 Å². The highest BCUT2D eigenvalue weighted by molar-refractivity contribution is 5.71. The van der Waals surface area contributed by atoms with Crippen molar-refractivity contribution >= 4 is 17.9 Å². The van der Waals surface area contributed by atoms with E-state index in [0.29, 0.717) is 19.3 Å². The number of rotatable bonds is 54. The first kappa shape index (κ1) is 66.9. The predicted octanol–water partition coefficient (Wildman–Crippen LogP) is 20.2. The lowest BCUT2D eigenvalue weighted by Crippen LogP contribution is -2.30. The molecule has 0 N–H and O–H groups in total. The number of hydrogen-bond donors (Lipinski definition) is 0. The van der Waals surface area contributed by atoms with Crippen molar-refractivity contribution in [2.24, 2.45) is 0 Å². The van der Waals surface area contributed by atoms with Gasteiger partial charge in [-0.1, -0.05) is 261 Å². The number of ether oxygens (including phenoxy) is 3. The summed E-state index contributed by atoms with van der Waals surface area (Å²) in [5, 5.41) is 0. The summed E-state index contributed by atoms with van der Waals surface area (Å²) in [6.07, 6.45) is 74.8. The van der Waals surface area contributed by atoms with Gasteiger partial charge < -0.3 is 14.2 Å². The van der Waals surface area contributed by atoms with Gasteiger partial charge in [0.25, 0.3) is 0 Å². The van der Waals surface area contributed by atoms with E-state index in [-0.39, 0.29) is 31.1 Å². The molecule has 0 spiro atoms. The lowest BCUT2D eigenvalue weighted by Gasteiger charge is -2.18. The van der Waals surface area contributed by atoms with E-state index in [1.165, 1.54) is 167 Å². The van der Waals surface area contributed by atoms with Crippen molar-refractivity contribution in [1.29, 1.82) is 0 Å². The summed E-state index contributed by atoms with van der Waals surface area (Å²) in [5.74, 6) is -0.879. The summed E-state index contributed by atoms with van der Waals surface area (Å²) in [6, 6.07) is 0. The van der Waals surface area contributed by atoms with Gasteiger partial charge in [0.1, 0.15) is 13.2 Å². The molecule has 0 saturated carbocycles. The van der Waals surface area contributed by atoms with Crippen LogP contribution in [0.5, 0.6) is 0 Å². The predicted molar refractivity (Wildman–Crippen MR) is 302 cm³/mol. The topological polar surface area (TPSA) is 78.9 Å². The fraction of sp³-hybridized carbons (Fsp3) is 0.766. The molecule has 0 amide bonds. The average molecular weight is 978 g/mol. The summed E-state index contributed by atoms with van der Waals surface area (Å²) >= 11 is 0. The molecule has 1 atom stereocenters. The van der Waals surface area contributed by atoms with Crippen LogP contribution in [0, 0.1) is 0 Å². The van der Waals surface area contributed by atoms with Gasteiger partial charge in [-0.25, -0.2) is 0 Å². The maximum Gasteiger partial charge on any atom is 0.306 e. The van der Waals surface area contributed by atoms with Crippen molar-refractivity contribution in [3.63, 3.8) is 0 Å². The SMILES string of the molecule is CC/C=C\C/C=C\C/C=C\C/C=C\CCCCCCCCCCCCC(=O)OCC(COC(=O)CCCCCCCCCC)OC(=O)CCCCCCCCCCC/C=C\C/C=C\CCCCCCC. The van der Waals surface area contributed by atoms with E-state index in [2.05, 4.69) is 93.7 Å². The number of esters is 3. The molecular weight excluding hydrogens is 865 g/mol. The quantitative estimate of drug-likeness (QED) is 0.0261. The van der Waals surface area contributed by atoms with Gasteiger partial charge in [-0.05, 0) is 89.9 Å². The molecule has 0 rings (SSSR count). The highest BCUT2D eigenvalue weighted by Crippen LogP contribution is 2.16. The van der Waals surface area contributed by atoms with Crippen LogP contribution in [0.4, 0.5) is 0 Å². The molecule has 404 valence electrons. The van der Waals surface area contributed by atoms with Gasteiger partial charge in [-0.3, -0.25) is 14.4 Å². The third kappa shape index (κ3) is 55.8. The van der Waals surface area contributed by atoms with Crippen molar-refractivity contribution in [2.75, 3.05) is 13.2 Å². The number of carbonyl (C=O) groups excluding carboxylic acids is 3. The van der Waals surface area contributed by atoms with Crippen molar-refractivity contribution in [1.82, 2.24) is 0 Å². The summed E-state index contributed by atoms with van der Waals surface area (Å²) in [5.41, 5.74) is 0. The Balaban J connectivity index is 4.22. The molecule has 1 unspecified atom stereocenters. The Hall–Kier alpha value is -3.15. The maximum atomic E-state index is 12.8. The maximum absolute atomic E-state index is 12.8. The van der Waals surface area contributed by atoms with Gasteiger partial charge in [0, 0.05) is 19.3 Å². The third-order valence-corrected chi connectivity index (χ3v) is 12.9. The van der Waals surface area contributed by atoms with Gasteiger partial charge in [-0.2, -0.15) is 0 Å². The molecule has 0 aliphatic carbocycles. The second kappa shape index (κ2) is 58.4. The molecule has 0 saturated heterocycles. The van der Waals surface area contributed by atoms with Crippen LogP contribution in [0.15, 0.2) is 72.9 Å². The fourth-order valence-electron chi connectivity index (χ4n) is 8.47. The van der Waals surface area contributed by atoms with Crippen LogP contribution in [0.1, 0.15) is 297 Å². The van der Waals surface area contributed by atoms with E-state index in [4.69, 9.17) is 14.2 Å². The Morgan fingerprint density at radius 1 is 0.300 bits per heavy atom. The van der Waals surface area contributed by atoms with Crippen LogP contribution in [-0.4, -0.2) is 37.2 Å². The van der Waals surface area contributed by atoms with Gasteiger partial charge in [0.2, 0.25) is 0 Å². The highest BCUT2D eigenvalue weighted by Gasteiger charge is 2.19. The lowest BCUT2D eigenvalue weighted by molar-refractivity contribution is -0.167. The van der Waals surface area contributed by atoms with Gasteiger partial charge in [0.15, 0.2) is 6.10 Å². The van der Waals surface area contributed by atoms with Crippen molar-refractivity contribution < 1.29 is 28.6 Å². The molecule has 0 aliphatic heterocycles. The molecule has 0 aromatic carbocycles. The zero-order chi connectivity index (χ0) is 50.7. The van der Waals surface area contributed by atoms with Crippen molar-refractivity contribution in [3.8, 4) is 0 Å². The van der Waals surface area contributed by atoms with Gasteiger partial charge >= 0.3 is 17.9 Å². The minimum atomic E-state index is -0.777. The van der Waals surface area contributed by atoms with Crippen LogP contribution in [0.3, 0.4) is 0 Å². The standard InChI is InChI=1S/C64H112O6/c1-4-7-10-13-16-19-21-23-25-27-29-31-32-34-35-37-39-41-43-45-48-51-54-57-63(66)69-60-61(59-68-62(65)56-53-50-47-18-15-12-9-6-3)70-64(67)58-55-52-49-46-44-42-40-38-36-33-30-28-26-24-22-20-17-14-11-8-5-2/h7,10,16,19,22-25,28-31,61H,4-6,8-9,11-15,17-18,20-21,26-27,32-60H2,1-3H3/b10-7-,19-16-,24-22-,25-23-,30-28-,31-29-. The monoisotopic (exact) mass is 977 g/mol. The molecule has 70 heavy (non-hydrogen) atoms. The van der Waals surface area contributed by atoms with Crippen LogP contribution in [0.25, 0.3) is 0 Å². The summed E-state index contributed by atoms with van der Waals surface area (Å²) in [4.78, 5) is 38.1. The van der Waals surface area contributed by atoms with E-state index in [9.17, 15) is 14.4 Å². The summed E-state index contributed by atoms with van der Waals surface area (Å²) < 4.78 is 16.8. The molecule has 0 bridgehead atoms. The Bertz CT molecular complexity index is 1310. The number of carbonyl (C=O) groups is 3. The molecule has 0 heterocycles. The van der Waals surface area contributed by atoms with Crippen LogP contribution in [0.2, 0.25) is 0 Å². The highest BCUT2D eigenvalue weighted by atomic mass is 16.6. The Labute approximate surface area is 433 Å². The number of unbranched alkanes of at least 4 members (excludes halogenated alkanes) is 31. The summed E-state index contributed by atoms with van der Waals surface area (Å²) in [6.45, 7) is 6.51. The third-order valence-electron chi connectivity index (χ3n) is 12.9. The minimum Gasteiger partial charge on any atom is -0.462 e. The molecule has 0 aromatic rings. The molecule has 0 radical (unpaired) electrons. The molecule has 0 aliphatic rings. The lowest BCUT2D eigenvalue weighted by atomic mass is 10.1. The van der Waals surface area contributed by atoms with E-state index in [1.54, 1.807) is 0 Å². The molecular formula is C64H112O6. The smallest absolute Gasteiger partial charge is 0.306 e. The van der Waals surface area contributed by atoms with E-state index in [0.717, 1.165) is 89.9 Å². The second-order valence-electron chi connectivity index (χ2n) is 19.9. The zero-order valence-electron chi connectivity index (χ0n) is 46.3. The Morgan fingerprint density at radius 3 is 0.871 bits per heavy atom. The molecule has 0 aromatic heterocycles. The Morgan fingerprint density at radius 2 is 0.557 bits per heavy atom. The Kier molecular flexibility index (Phi) is 55.8. The molecule has 0 fully saturated rings. The van der Waals surface area contributed by atoms with Gasteiger partial charge in [-0.15, -0.1) is 0 Å². The van der Waals surface area contributed by atoms with Crippen molar-refractivity contribution in [3.05, 3.63) is 72.9 Å². The largest absolute Gasteiger partial charge is 0.462 e.